The molecule has 0 heterocycles. The smallest absolute Gasteiger partial charge is 0.149 e. The largest absolute Gasteiger partial charge is 0.396 e. The summed E-state index contributed by atoms with van der Waals surface area (Å²) in [5.41, 5.74) is 10.5. The van der Waals surface area contributed by atoms with E-state index in [-0.39, 0.29) is 17.7 Å². The molecule has 0 radical (unpaired) electrons. The van der Waals surface area contributed by atoms with E-state index in [0.29, 0.717) is 5.56 Å². The first-order valence-electron chi connectivity index (χ1n) is 6.29. The predicted octanol–water partition coefficient (Wildman–Crippen LogP) is 3.76. The number of benzene rings is 2. The van der Waals surface area contributed by atoms with Crippen molar-refractivity contribution in [3.63, 3.8) is 0 Å². The third-order valence-electron chi connectivity index (χ3n) is 3.33. The van der Waals surface area contributed by atoms with Crippen molar-refractivity contribution < 1.29 is 17.6 Å². The van der Waals surface area contributed by atoms with E-state index in [4.69, 9.17) is 11.5 Å². The fourth-order valence-corrected chi connectivity index (χ4v) is 2.20. The topological polar surface area (TPSA) is 52.0 Å². The number of hydrogen-bond acceptors (Lipinski definition) is 2. The fourth-order valence-electron chi connectivity index (χ4n) is 2.20. The molecule has 21 heavy (non-hydrogen) atoms. The lowest BCUT2D eigenvalue weighted by atomic mass is 9.88. The lowest BCUT2D eigenvalue weighted by molar-refractivity contribution is 0.453. The molecule has 2 aromatic carbocycles. The molecule has 1 unspecified atom stereocenters. The Balaban J connectivity index is 2.50. The van der Waals surface area contributed by atoms with Crippen LogP contribution in [0.5, 0.6) is 0 Å². The predicted molar refractivity (Wildman–Crippen MR) is 74.0 cm³/mol. The Bertz CT molecular complexity index is 635. The first-order chi connectivity index (χ1) is 9.93. The van der Waals surface area contributed by atoms with Crippen LogP contribution in [0.25, 0.3) is 0 Å². The third kappa shape index (κ3) is 3.09. The average Bonchev–Trinajstić information content (AvgIpc) is 2.45. The normalized spacial score (nSPS) is 12.4. The van der Waals surface area contributed by atoms with Crippen molar-refractivity contribution in [2.75, 3.05) is 18.1 Å². The summed E-state index contributed by atoms with van der Waals surface area (Å²) in [4.78, 5) is 0. The molecule has 0 saturated carbocycles. The molecule has 0 aromatic heterocycles. The Morgan fingerprint density at radius 2 is 1.43 bits per heavy atom. The van der Waals surface area contributed by atoms with E-state index in [2.05, 4.69) is 0 Å². The van der Waals surface area contributed by atoms with Gasteiger partial charge in [-0.1, -0.05) is 6.07 Å². The number of rotatable bonds is 4. The summed E-state index contributed by atoms with van der Waals surface area (Å²) in [6, 6.07) is 6.05. The van der Waals surface area contributed by atoms with Crippen LogP contribution in [0, 0.1) is 17.5 Å². The highest BCUT2D eigenvalue weighted by atomic mass is 19.1. The summed E-state index contributed by atoms with van der Waals surface area (Å²) in [5.74, 6) is -3.20. The zero-order valence-electron chi connectivity index (χ0n) is 11.0. The summed E-state index contributed by atoms with van der Waals surface area (Å²) in [5, 5.41) is 0. The highest BCUT2D eigenvalue weighted by molar-refractivity contribution is 5.48. The van der Waals surface area contributed by atoms with Gasteiger partial charge in [0.1, 0.15) is 23.1 Å². The van der Waals surface area contributed by atoms with Gasteiger partial charge in [-0.15, -0.1) is 0 Å². The Hall–Kier alpha value is -2.24. The second-order valence-electron chi connectivity index (χ2n) is 4.71. The Kier molecular flexibility index (Phi) is 4.35. The summed E-state index contributed by atoms with van der Waals surface area (Å²) >= 11 is 0. The molecule has 4 N–H and O–H groups in total. The maximum Gasteiger partial charge on any atom is 0.149 e. The van der Waals surface area contributed by atoms with Crippen LogP contribution in [0.3, 0.4) is 0 Å². The first kappa shape index (κ1) is 15.2. The molecular weight excluding hydrogens is 284 g/mol. The maximum absolute atomic E-state index is 13.5. The molecule has 0 aliphatic carbocycles. The standard InChI is InChI=1S/C15H14F4N2/c16-4-3-10(8-1-2-14(20)11(17)5-8)9-6-12(18)15(21)13(19)7-9/h1-2,5-7,10H,3-4,20-21H2. The second kappa shape index (κ2) is 6.03. The zero-order chi connectivity index (χ0) is 15.6. The minimum atomic E-state index is -0.926. The Morgan fingerprint density at radius 3 is 1.95 bits per heavy atom. The van der Waals surface area contributed by atoms with Crippen molar-refractivity contribution in [1.82, 2.24) is 0 Å². The summed E-state index contributed by atoms with van der Waals surface area (Å²) in [7, 11) is 0. The number of alkyl halides is 1. The molecular formula is C15H14F4N2. The van der Waals surface area contributed by atoms with Gasteiger partial charge < -0.3 is 11.5 Å². The molecule has 1 atom stereocenters. The molecule has 2 rings (SSSR count). The summed E-state index contributed by atoms with van der Waals surface area (Å²) < 4.78 is 53.4. The zero-order valence-corrected chi connectivity index (χ0v) is 11.0. The number of nitrogens with two attached hydrogens (primary N) is 2. The number of nitrogen functional groups attached to an aromatic ring is 2. The van der Waals surface area contributed by atoms with Crippen molar-refractivity contribution in [3.8, 4) is 0 Å². The van der Waals surface area contributed by atoms with Crippen molar-refractivity contribution in [1.29, 1.82) is 0 Å². The molecule has 0 spiro atoms. The van der Waals surface area contributed by atoms with Gasteiger partial charge in [0.2, 0.25) is 0 Å². The third-order valence-corrected chi connectivity index (χ3v) is 3.33. The lowest BCUT2D eigenvalue weighted by Gasteiger charge is -2.18. The monoisotopic (exact) mass is 298 g/mol. The van der Waals surface area contributed by atoms with Crippen LogP contribution in [0.1, 0.15) is 23.5 Å². The van der Waals surface area contributed by atoms with Crippen LogP contribution in [0.4, 0.5) is 28.9 Å². The van der Waals surface area contributed by atoms with Crippen LogP contribution in [0.15, 0.2) is 30.3 Å². The van der Waals surface area contributed by atoms with Crippen molar-refractivity contribution in [2.24, 2.45) is 0 Å². The summed E-state index contributed by atoms with van der Waals surface area (Å²) in [6.07, 6.45) is -0.0356. The van der Waals surface area contributed by atoms with Gasteiger partial charge in [-0.2, -0.15) is 0 Å². The second-order valence-corrected chi connectivity index (χ2v) is 4.71. The highest BCUT2D eigenvalue weighted by Gasteiger charge is 2.19. The number of anilines is 2. The number of halogens is 4. The van der Waals surface area contributed by atoms with Gasteiger partial charge in [0.05, 0.1) is 12.4 Å². The van der Waals surface area contributed by atoms with Gasteiger partial charge in [-0.3, -0.25) is 4.39 Å². The van der Waals surface area contributed by atoms with Crippen LogP contribution in [0.2, 0.25) is 0 Å². The van der Waals surface area contributed by atoms with Gasteiger partial charge >= 0.3 is 0 Å². The number of hydrogen-bond donors (Lipinski definition) is 2. The Morgan fingerprint density at radius 1 is 0.857 bits per heavy atom. The van der Waals surface area contributed by atoms with Crippen LogP contribution in [-0.4, -0.2) is 6.67 Å². The quantitative estimate of drug-likeness (QED) is 0.667. The van der Waals surface area contributed by atoms with E-state index < -0.39 is 35.7 Å². The summed E-state index contributed by atoms with van der Waals surface area (Å²) in [6.45, 7) is -0.718. The van der Waals surface area contributed by atoms with Gasteiger partial charge in [-0.05, 0) is 41.8 Å². The molecule has 0 aliphatic heterocycles. The molecule has 6 heteroatoms. The van der Waals surface area contributed by atoms with Gasteiger partial charge in [-0.25, -0.2) is 13.2 Å². The van der Waals surface area contributed by atoms with Crippen LogP contribution >= 0.6 is 0 Å². The van der Waals surface area contributed by atoms with E-state index in [1.54, 1.807) is 0 Å². The molecule has 0 aliphatic rings. The molecule has 2 aromatic rings. The molecule has 0 bridgehead atoms. The van der Waals surface area contributed by atoms with Crippen LogP contribution in [-0.2, 0) is 0 Å². The van der Waals surface area contributed by atoms with E-state index in [0.717, 1.165) is 18.2 Å². The lowest BCUT2D eigenvalue weighted by Crippen LogP contribution is -2.07. The van der Waals surface area contributed by atoms with Crippen molar-refractivity contribution in [3.05, 3.63) is 58.9 Å². The van der Waals surface area contributed by atoms with Gasteiger partial charge in [0, 0.05) is 5.92 Å². The van der Waals surface area contributed by atoms with E-state index in [1.807, 2.05) is 0 Å². The van der Waals surface area contributed by atoms with Gasteiger partial charge in [0.25, 0.3) is 0 Å². The first-order valence-corrected chi connectivity index (χ1v) is 6.29. The molecule has 0 fully saturated rings. The maximum atomic E-state index is 13.5. The molecule has 0 saturated heterocycles. The van der Waals surface area contributed by atoms with E-state index in [1.165, 1.54) is 12.1 Å². The molecule has 2 nitrogen and oxygen atoms in total. The van der Waals surface area contributed by atoms with E-state index >= 15 is 0 Å². The fraction of sp³-hybridized carbons (Fsp3) is 0.200. The highest BCUT2D eigenvalue weighted by Crippen LogP contribution is 2.32. The SMILES string of the molecule is Nc1ccc(C(CCF)c2cc(F)c(N)c(F)c2)cc1F. The van der Waals surface area contributed by atoms with Crippen molar-refractivity contribution in [2.45, 2.75) is 12.3 Å². The van der Waals surface area contributed by atoms with Gasteiger partial charge in [0.15, 0.2) is 0 Å². The van der Waals surface area contributed by atoms with E-state index in [9.17, 15) is 17.6 Å². The minimum Gasteiger partial charge on any atom is -0.396 e. The average molecular weight is 298 g/mol. The van der Waals surface area contributed by atoms with Crippen LogP contribution < -0.4 is 11.5 Å². The van der Waals surface area contributed by atoms with Crippen molar-refractivity contribution >= 4 is 11.4 Å². The molecule has 0 amide bonds. The Labute approximate surface area is 119 Å². The molecule has 112 valence electrons. The minimum absolute atomic E-state index is 0.0356.